The van der Waals surface area contributed by atoms with Gasteiger partial charge in [-0.05, 0) is 64.9 Å². The molecule has 3 rings (SSSR count). The predicted molar refractivity (Wildman–Crippen MR) is 117 cm³/mol. The first-order valence-electron chi connectivity index (χ1n) is 10.1. The molecule has 0 radical (unpaired) electrons. The monoisotopic (exact) mass is 415 g/mol. The zero-order valence-electron chi connectivity index (χ0n) is 17.9. The molecule has 0 spiro atoms. The molecule has 1 N–H and O–H groups in total. The number of likely N-dealkylation sites (tertiary alicyclic amines) is 1. The van der Waals surface area contributed by atoms with Crippen LogP contribution in [0, 0.1) is 13.8 Å². The lowest BCUT2D eigenvalue weighted by Crippen LogP contribution is -2.48. The first-order chi connectivity index (χ1) is 13.8. The van der Waals surface area contributed by atoms with Crippen molar-refractivity contribution in [1.82, 2.24) is 25.1 Å². The van der Waals surface area contributed by atoms with Crippen LogP contribution >= 0.6 is 11.6 Å². The third-order valence-electron chi connectivity index (χ3n) is 5.92. The molecule has 1 aliphatic rings. The zero-order valence-corrected chi connectivity index (χ0v) is 18.6. The quantitative estimate of drug-likeness (QED) is 0.812. The first kappa shape index (κ1) is 21.5. The van der Waals surface area contributed by atoms with E-state index in [9.17, 15) is 4.79 Å². The van der Waals surface area contributed by atoms with Crippen LogP contribution in [-0.4, -0.2) is 59.0 Å². The minimum absolute atomic E-state index is 0.0605. The molecule has 29 heavy (non-hydrogen) atoms. The molecule has 1 saturated heterocycles. The Hall–Kier alpha value is -2.18. The largest absolute Gasteiger partial charge is 0.331 e. The van der Waals surface area contributed by atoms with Gasteiger partial charge in [0.05, 0.1) is 17.4 Å². The number of urea groups is 1. The maximum Gasteiger partial charge on any atom is 0.317 e. The van der Waals surface area contributed by atoms with E-state index in [2.05, 4.69) is 27.2 Å². The lowest BCUT2D eigenvalue weighted by atomic mass is 9.98. The molecule has 0 bridgehead atoms. The van der Waals surface area contributed by atoms with Crippen molar-refractivity contribution < 1.29 is 4.79 Å². The van der Waals surface area contributed by atoms with E-state index < -0.39 is 0 Å². The lowest BCUT2D eigenvalue weighted by Gasteiger charge is -2.35. The van der Waals surface area contributed by atoms with Crippen LogP contribution < -0.4 is 5.32 Å². The second-order valence-electron chi connectivity index (χ2n) is 7.95. The van der Waals surface area contributed by atoms with Gasteiger partial charge in [-0.1, -0.05) is 23.7 Å². The molecule has 2 aromatic rings. The molecule has 1 aromatic heterocycles. The van der Waals surface area contributed by atoms with Crippen molar-refractivity contribution in [3.05, 3.63) is 46.4 Å². The topological polar surface area (TPSA) is 61.4 Å². The normalized spacial score (nSPS) is 16.5. The van der Waals surface area contributed by atoms with E-state index in [0.717, 1.165) is 54.0 Å². The van der Waals surface area contributed by atoms with Crippen molar-refractivity contribution in [2.24, 2.45) is 0 Å². The molecule has 6 nitrogen and oxygen atoms in total. The molecule has 0 saturated carbocycles. The van der Waals surface area contributed by atoms with Gasteiger partial charge in [-0.25, -0.2) is 4.79 Å². The van der Waals surface area contributed by atoms with Crippen LogP contribution in [0.5, 0.6) is 0 Å². The van der Waals surface area contributed by atoms with Gasteiger partial charge in [0, 0.05) is 36.1 Å². The summed E-state index contributed by atoms with van der Waals surface area (Å²) in [4.78, 5) is 25.7. The summed E-state index contributed by atoms with van der Waals surface area (Å²) in [6.07, 6.45) is 5.37. The average molecular weight is 416 g/mol. The third-order valence-corrected chi connectivity index (χ3v) is 6.42. The van der Waals surface area contributed by atoms with Crippen molar-refractivity contribution in [3.8, 4) is 11.3 Å². The Morgan fingerprint density at radius 1 is 1.24 bits per heavy atom. The molecule has 0 aliphatic carbocycles. The highest BCUT2D eigenvalue weighted by Gasteiger charge is 2.25. The zero-order chi connectivity index (χ0) is 21.1. The van der Waals surface area contributed by atoms with E-state index in [1.54, 1.807) is 12.4 Å². The summed E-state index contributed by atoms with van der Waals surface area (Å²) < 4.78 is 0. The van der Waals surface area contributed by atoms with Gasteiger partial charge in [-0.15, -0.1) is 0 Å². The summed E-state index contributed by atoms with van der Waals surface area (Å²) in [6.45, 7) is 7.92. The fourth-order valence-electron chi connectivity index (χ4n) is 3.88. The molecule has 2 amide bonds. The van der Waals surface area contributed by atoms with Gasteiger partial charge in [0.25, 0.3) is 0 Å². The summed E-state index contributed by atoms with van der Waals surface area (Å²) in [7, 11) is 4.00. The van der Waals surface area contributed by atoms with Crippen LogP contribution in [0.3, 0.4) is 0 Å². The van der Waals surface area contributed by atoms with Crippen LogP contribution in [0.1, 0.15) is 42.6 Å². The minimum atomic E-state index is -0.195. The summed E-state index contributed by atoms with van der Waals surface area (Å²) in [5.74, 6) is 0. The number of carbonyl (C=O) groups is 1. The number of hydrogen-bond donors (Lipinski definition) is 1. The number of rotatable bonds is 4. The maximum atomic E-state index is 12.8. The number of aryl methyl sites for hydroxylation is 1. The third kappa shape index (κ3) is 4.70. The maximum absolute atomic E-state index is 12.8. The number of piperidine rings is 1. The average Bonchev–Trinajstić information content (AvgIpc) is 2.70. The standard InChI is InChI=1S/C22H30ClN5O/c1-14-18(21-16(3)24-10-11-25-21)6-7-19(20(14)23)15(2)26-22(29)28(5)17-8-12-27(4)13-9-17/h6-7,10-11,15,17H,8-9,12-13H2,1-5H3,(H,26,29). The van der Waals surface area contributed by atoms with Crippen molar-refractivity contribution in [3.63, 3.8) is 0 Å². The van der Waals surface area contributed by atoms with E-state index in [1.165, 1.54) is 0 Å². The Bertz CT molecular complexity index is 880. The van der Waals surface area contributed by atoms with Crippen molar-refractivity contribution in [1.29, 1.82) is 0 Å². The van der Waals surface area contributed by atoms with E-state index in [1.807, 2.05) is 44.9 Å². The number of aromatic nitrogens is 2. The van der Waals surface area contributed by atoms with Gasteiger partial charge in [-0.3, -0.25) is 9.97 Å². The number of carbonyl (C=O) groups excluding carboxylic acids is 1. The Morgan fingerprint density at radius 3 is 2.55 bits per heavy atom. The van der Waals surface area contributed by atoms with Gasteiger partial charge in [-0.2, -0.15) is 0 Å². The van der Waals surface area contributed by atoms with E-state index in [4.69, 9.17) is 11.6 Å². The molecule has 156 valence electrons. The van der Waals surface area contributed by atoms with Crippen LogP contribution in [0.4, 0.5) is 4.79 Å². The number of halogens is 1. The fraction of sp³-hybridized carbons (Fsp3) is 0.500. The summed E-state index contributed by atoms with van der Waals surface area (Å²) in [6, 6.07) is 4.00. The van der Waals surface area contributed by atoms with Crippen molar-refractivity contribution >= 4 is 17.6 Å². The predicted octanol–water partition coefficient (Wildman–Crippen LogP) is 4.21. The molecular weight excluding hydrogens is 386 g/mol. The Labute approximate surface area is 178 Å². The molecule has 1 atom stereocenters. The number of nitrogens with one attached hydrogen (secondary N) is 1. The van der Waals surface area contributed by atoms with Crippen LogP contribution in [-0.2, 0) is 0 Å². The van der Waals surface area contributed by atoms with Crippen molar-refractivity contribution in [2.75, 3.05) is 27.2 Å². The van der Waals surface area contributed by atoms with Gasteiger partial charge < -0.3 is 15.1 Å². The Morgan fingerprint density at radius 2 is 1.90 bits per heavy atom. The number of nitrogens with zero attached hydrogens (tertiary/aromatic N) is 4. The van der Waals surface area contributed by atoms with Gasteiger partial charge in [0.1, 0.15) is 0 Å². The molecule has 2 heterocycles. The SMILES string of the molecule is Cc1nccnc1-c1ccc(C(C)NC(=O)N(C)C2CCN(C)CC2)c(Cl)c1C. The Kier molecular flexibility index (Phi) is 6.75. The second kappa shape index (κ2) is 9.09. The number of amides is 2. The Balaban J connectivity index is 1.74. The summed E-state index contributed by atoms with van der Waals surface area (Å²) >= 11 is 6.70. The fourth-order valence-corrected chi connectivity index (χ4v) is 4.21. The van der Waals surface area contributed by atoms with E-state index in [0.29, 0.717) is 5.02 Å². The van der Waals surface area contributed by atoms with Crippen LogP contribution in [0.15, 0.2) is 24.5 Å². The minimum Gasteiger partial charge on any atom is -0.331 e. The molecule has 1 fully saturated rings. The van der Waals surface area contributed by atoms with Crippen LogP contribution in [0.2, 0.25) is 5.02 Å². The van der Waals surface area contributed by atoms with Crippen molar-refractivity contribution in [2.45, 2.75) is 45.7 Å². The van der Waals surface area contributed by atoms with E-state index >= 15 is 0 Å². The van der Waals surface area contributed by atoms with Gasteiger partial charge >= 0.3 is 6.03 Å². The summed E-state index contributed by atoms with van der Waals surface area (Å²) in [5.41, 5.74) is 4.50. The molecule has 1 aliphatic heterocycles. The highest BCUT2D eigenvalue weighted by Crippen LogP contribution is 2.34. The highest BCUT2D eigenvalue weighted by atomic mass is 35.5. The van der Waals surface area contributed by atoms with Gasteiger partial charge in [0.2, 0.25) is 0 Å². The lowest BCUT2D eigenvalue weighted by molar-refractivity contribution is 0.146. The number of hydrogen-bond acceptors (Lipinski definition) is 4. The first-order valence-corrected chi connectivity index (χ1v) is 10.5. The van der Waals surface area contributed by atoms with Crippen LogP contribution in [0.25, 0.3) is 11.3 Å². The molecular formula is C22H30ClN5O. The molecule has 1 aromatic carbocycles. The molecule has 1 unspecified atom stereocenters. The number of benzene rings is 1. The van der Waals surface area contributed by atoms with E-state index in [-0.39, 0.29) is 18.1 Å². The highest BCUT2D eigenvalue weighted by molar-refractivity contribution is 6.32. The van der Waals surface area contributed by atoms with Gasteiger partial charge in [0.15, 0.2) is 0 Å². The smallest absolute Gasteiger partial charge is 0.317 e. The summed E-state index contributed by atoms with van der Waals surface area (Å²) in [5, 5.41) is 3.76. The molecule has 7 heteroatoms. The second-order valence-corrected chi connectivity index (χ2v) is 8.33.